The Hall–Kier alpha value is -0.870. The van der Waals surface area contributed by atoms with Gasteiger partial charge in [0.15, 0.2) is 0 Å². The molecule has 0 heterocycles. The van der Waals surface area contributed by atoms with Gasteiger partial charge < -0.3 is 0 Å². The van der Waals surface area contributed by atoms with Crippen molar-refractivity contribution in [3.05, 3.63) is 30.3 Å². The molecule has 19 heavy (non-hydrogen) atoms. The summed E-state index contributed by atoms with van der Waals surface area (Å²) in [5, 5.41) is 0. The lowest BCUT2D eigenvalue weighted by Crippen LogP contribution is -2.37. The highest BCUT2D eigenvalue weighted by Gasteiger charge is 2.25. The van der Waals surface area contributed by atoms with Gasteiger partial charge in [-0.2, -0.15) is 0 Å². The van der Waals surface area contributed by atoms with E-state index in [0.717, 1.165) is 31.6 Å². The maximum atomic E-state index is 12.2. The Labute approximate surface area is 116 Å². The Kier molecular flexibility index (Phi) is 4.99. The summed E-state index contributed by atoms with van der Waals surface area (Å²) in [5.74, 6) is 0.794. The second-order valence-electron chi connectivity index (χ2n) is 5.44. The molecule has 0 atom stereocenters. The van der Waals surface area contributed by atoms with Crippen molar-refractivity contribution in [2.24, 2.45) is 5.92 Å². The topological polar surface area (TPSA) is 46.2 Å². The molecule has 0 aliphatic heterocycles. The van der Waals surface area contributed by atoms with Crippen molar-refractivity contribution in [1.82, 2.24) is 4.72 Å². The first-order valence-corrected chi connectivity index (χ1v) is 8.67. The smallest absolute Gasteiger partial charge is 0.208 e. The van der Waals surface area contributed by atoms with Crippen LogP contribution in [0.4, 0.5) is 0 Å². The maximum absolute atomic E-state index is 12.2. The number of hydrogen-bond donors (Lipinski definition) is 1. The Bertz CT molecular complexity index is 476. The molecule has 0 bridgehead atoms. The van der Waals surface area contributed by atoms with Crippen LogP contribution in [-0.2, 0) is 10.0 Å². The van der Waals surface area contributed by atoms with Crippen molar-refractivity contribution >= 4 is 10.0 Å². The van der Waals surface area contributed by atoms with Crippen molar-refractivity contribution in [2.45, 2.75) is 56.4 Å². The van der Waals surface area contributed by atoms with Gasteiger partial charge in [-0.1, -0.05) is 38.0 Å². The molecular formula is C15H23NO2S. The third-order valence-electron chi connectivity index (χ3n) is 3.92. The summed E-state index contributed by atoms with van der Waals surface area (Å²) in [5.41, 5.74) is 0. The predicted molar refractivity (Wildman–Crippen MR) is 77.4 cm³/mol. The van der Waals surface area contributed by atoms with E-state index in [9.17, 15) is 8.42 Å². The molecule has 3 nitrogen and oxygen atoms in total. The van der Waals surface area contributed by atoms with Crippen LogP contribution >= 0.6 is 0 Å². The molecule has 1 aromatic rings. The second kappa shape index (κ2) is 6.53. The largest absolute Gasteiger partial charge is 0.240 e. The fourth-order valence-corrected chi connectivity index (χ4v) is 4.19. The average molecular weight is 281 g/mol. The van der Waals surface area contributed by atoms with E-state index in [1.54, 1.807) is 24.3 Å². The normalized spacial score (nSPS) is 24.3. The van der Waals surface area contributed by atoms with E-state index < -0.39 is 10.0 Å². The molecule has 1 fully saturated rings. The Morgan fingerprint density at radius 1 is 1.11 bits per heavy atom. The number of nitrogens with one attached hydrogen (secondary N) is 1. The summed E-state index contributed by atoms with van der Waals surface area (Å²) in [4.78, 5) is 0.366. The highest BCUT2D eigenvalue weighted by atomic mass is 32.2. The molecular weight excluding hydrogens is 258 g/mol. The lowest BCUT2D eigenvalue weighted by Gasteiger charge is -2.28. The first kappa shape index (κ1) is 14.5. The molecule has 0 spiro atoms. The molecule has 1 aliphatic carbocycles. The summed E-state index contributed by atoms with van der Waals surface area (Å²) in [7, 11) is -3.34. The fraction of sp³-hybridized carbons (Fsp3) is 0.600. The second-order valence-corrected chi connectivity index (χ2v) is 7.15. The summed E-state index contributed by atoms with van der Waals surface area (Å²) >= 11 is 0. The number of sulfonamides is 1. The van der Waals surface area contributed by atoms with E-state index in [2.05, 4.69) is 11.6 Å². The lowest BCUT2D eigenvalue weighted by molar-refractivity contribution is 0.297. The van der Waals surface area contributed by atoms with E-state index in [0.29, 0.717) is 4.90 Å². The van der Waals surface area contributed by atoms with Crippen LogP contribution in [0.3, 0.4) is 0 Å². The van der Waals surface area contributed by atoms with Crippen LogP contribution in [0, 0.1) is 5.92 Å². The minimum absolute atomic E-state index is 0.110. The maximum Gasteiger partial charge on any atom is 0.240 e. The monoisotopic (exact) mass is 281 g/mol. The van der Waals surface area contributed by atoms with Gasteiger partial charge in [-0.05, 0) is 43.7 Å². The van der Waals surface area contributed by atoms with Gasteiger partial charge in [0.05, 0.1) is 4.90 Å². The minimum Gasteiger partial charge on any atom is -0.208 e. The molecule has 0 saturated heterocycles. The zero-order valence-electron chi connectivity index (χ0n) is 11.5. The summed E-state index contributed by atoms with van der Waals surface area (Å²) < 4.78 is 27.2. The van der Waals surface area contributed by atoms with Crippen molar-refractivity contribution < 1.29 is 8.42 Å². The lowest BCUT2D eigenvalue weighted by atomic mass is 9.84. The van der Waals surface area contributed by atoms with E-state index in [4.69, 9.17) is 0 Å². The summed E-state index contributed by atoms with van der Waals surface area (Å²) in [6.07, 6.45) is 6.74. The molecule has 1 aliphatic rings. The number of benzene rings is 1. The van der Waals surface area contributed by atoms with Crippen LogP contribution < -0.4 is 4.72 Å². The molecule has 0 radical (unpaired) electrons. The third kappa shape index (κ3) is 4.05. The molecule has 0 amide bonds. The van der Waals surface area contributed by atoms with E-state index >= 15 is 0 Å². The van der Waals surface area contributed by atoms with Crippen molar-refractivity contribution in [1.29, 1.82) is 0 Å². The fourth-order valence-electron chi connectivity index (χ4n) is 2.86. The van der Waals surface area contributed by atoms with Crippen molar-refractivity contribution in [3.63, 3.8) is 0 Å². The predicted octanol–water partition coefficient (Wildman–Crippen LogP) is 3.32. The molecule has 1 saturated carbocycles. The first-order valence-electron chi connectivity index (χ1n) is 7.19. The van der Waals surface area contributed by atoms with Crippen LogP contribution in [-0.4, -0.2) is 14.5 Å². The Balaban J connectivity index is 1.92. The molecule has 1 aromatic carbocycles. The molecule has 4 heteroatoms. The Morgan fingerprint density at radius 2 is 1.74 bits per heavy atom. The zero-order chi connectivity index (χ0) is 13.7. The zero-order valence-corrected chi connectivity index (χ0v) is 12.3. The van der Waals surface area contributed by atoms with Crippen LogP contribution in [0.1, 0.15) is 45.4 Å². The summed E-state index contributed by atoms with van der Waals surface area (Å²) in [6.45, 7) is 2.21. The Morgan fingerprint density at radius 3 is 2.32 bits per heavy atom. The first-order chi connectivity index (χ1) is 9.12. The standard InChI is InChI=1S/C15H23NO2S/c1-2-6-13-9-11-14(12-10-13)16-19(17,18)15-7-4-3-5-8-15/h3-5,7-8,13-14,16H,2,6,9-12H2,1H3. The van der Waals surface area contributed by atoms with Gasteiger partial charge >= 0.3 is 0 Å². The molecule has 106 valence electrons. The van der Waals surface area contributed by atoms with Crippen LogP contribution in [0.15, 0.2) is 35.2 Å². The van der Waals surface area contributed by atoms with Crippen molar-refractivity contribution in [2.75, 3.05) is 0 Å². The van der Waals surface area contributed by atoms with Gasteiger partial charge in [-0.25, -0.2) is 13.1 Å². The molecule has 2 rings (SSSR count). The van der Waals surface area contributed by atoms with Crippen LogP contribution in [0.2, 0.25) is 0 Å². The highest BCUT2D eigenvalue weighted by molar-refractivity contribution is 7.89. The van der Waals surface area contributed by atoms with E-state index in [1.807, 2.05) is 6.07 Å². The average Bonchev–Trinajstić information content (AvgIpc) is 2.42. The van der Waals surface area contributed by atoms with Crippen LogP contribution in [0.5, 0.6) is 0 Å². The van der Waals surface area contributed by atoms with E-state index in [-0.39, 0.29) is 6.04 Å². The van der Waals surface area contributed by atoms with Gasteiger partial charge in [0.2, 0.25) is 10.0 Å². The van der Waals surface area contributed by atoms with Gasteiger partial charge in [0.25, 0.3) is 0 Å². The van der Waals surface area contributed by atoms with Gasteiger partial charge in [-0.15, -0.1) is 0 Å². The molecule has 0 unspecified atom stereocenters. The van der Waals surface area contributed by atoms with Gasteiger partial charge in [0.1, 0.15) is 0 Å². The van der Waals surface area contributed by atoms with Gasteiger partial charge in [-0.3, -0.25) is 0 Å². The molecule has 1 N–H and O–H groups in total. The minimum atomic E-state index is -3.34. The van der Waals surface area contributed by atoms with Crippen LogP contribution in [0.25, 0.3) is 0 Å². The molecule has 0 aromatic heterocycles. The quantitative estimate of drug-likeness (QED) is 0.900. The third-order valence-corrected chi connectivity index (χ3v) is 5.46. The summed E-state index contributed by atoms with van der Waals surface area (Å²) in [6, 6.07) is 8.74. The van der Waals surface area contributed by atoms with E-state index in [1.165, 1.54) is 12.8 Å². The van der Waals surface area contributed by atoms with Gasteiger partial charge in [0, 0.05) is 6.04 Å². The van der Waals surface area contributed by atoms with Crippen molar-refractivity contribution in [3.8, 4) is 0 Å². The number of rotatable bonds is 5. The SMILES string of the molecule is CCCC1CCC(NS(=O)(=O)c2ccccc2)CC1. The number of hydrogen-bond acceptors (Lipinski definition) is 2. The highest BCUT2D eigenvalue weighted by Crippen LogP contribution is 2.28.